The minimum atomic E-state index is -0.512. The first-order valence-corrected chi connectivity index (χ1v) is 8.26. The Balaban J connectivity index is 2.03. The summed E-state index contributed by atoms with van der Waals surface area (Å²) < 4.78 is 4.91. The highest BCUT2D eigenvalue weighted by molar-refractivity contribution is 7.13. The molecular weight excluding hydrogens is 359 g/mol. The molecule has 8 heteroatoms. The van der Waals surface area contributed by atoms with E-state index in [0.717, 1.165) is 0 Å². The lowest BCUT2D eigenvalue weighted by Gasteiger charge is -2.09. The molecule has 2 aromatic rings. The van der Waals surface area contributed by atoms with Crippen LogP contribution in [0.2, 0.25) is 10.0 Å². The summed E-state index contributed by atoms with van der Waals surface area (Å²) in [6.07, 6.45) is -0.0146. The Bertz CT molecular complexity index is 711. The third-order valence-corrected chi connectivity index (χ3v) is 4.45. The number of nitrogens with zero attached hydrogens (tertiary/aromatic N) is 2. The summed E-state index contributed by atoms with van der Waals surface area (Å²) in [5.41, 5.74) is 1.19. The van der Waals surface area contributed by atoms with Crippen LogP contribution in [0.5, 0.6) is 0 Å². The highest BCUT2D eigenvalue weighted by Gasteiger charge is 2.15. The maximum atomic E-state index is 11.7. The molecule has 0 saturated heterocycles. The normalized spacial score (nSPS) is 10.4. The molecule has 1 aromatic heterocycles. The van der Waals surface area contributed by atoms with Crippen molar-refractivity contribution in [2.75, 3.05) is 20.7 Å². The Morgan fingerprint density at radius 1 is 1.26 bits per heavy atom. The van der Waals surface area contributed by atoms with Crippen LogP contribution >= 0.6 is 34.5 Å². The van der Waals surface area contributed by atoms with Gasteiger partial charge in [-0.15, -0.1) is 11.3 Å². The van der Waals surface area contributed by atoms with E-state index in [0.29, 0.717) is 26.3 Å². The van der Waals surface area contributed by atoms with Gasteiger partial charge in [-0.25, -0.2) is 4.98 Å². The maximum Gasteiger partial charge on any atom is 0.312 e. The maximum absolute atomic E-state index is 11.7. The van der Waals surface area contributed by atoms with Crippen LogP contribution in [-0.4, -0.2) is 42.5 Å². The molecule has 0 unspecified atom stereocenters. The quantitative estimate of drug-likeness (QED) is 0.755. The number of rotatable bonds is 5. The second-order valence-corrected chi connectivity index (χ2v) is 6.54. The number of thiazole rings is 1. The van der Waals surface area contributed by atoms with Crippen LogP contribution in [-0.2, 0) is 20.7 Å². The lowest BCUT2D eigenvalue weighted by atomic mass is 10.2. The third-order valence-electron chi connectivity index (χ3n) is 2.91. The Labute approximate surface area is 147 Å². The molecule has 0 fully saturated rings. The van der Waals surface area contributed by atoms with Crippen molar-refractivity contribution in [1.82, 2.24) is 9.88 Å². The molecule has 0 radical (unpaired) electrons. The van der Waals surface area contributed by atoms with E-state index in [4.69, 9.17) is 27.9 Å². The van der Waals surface area contributed by atoms with Crippen molar-refractivity contribution in [3.05, 3.63) is 39.3 Å². The molecule has 23 heavy (non-hydrogen) atoms. The van der Waals surface area contributed by atoms with Gasteiger partial charge in [-0.3, -0.25) is 9.59 Å². The zero-order valence-corrected chi connectivity index (χ0v) is 14.8. The number of carbonyl (C=O) groups excluding carboxylic acids is 2. The van der Waals surface area contributed by atoms with Gasteiger partial charge in [0.15, 0.2) is 6.61 Å². The molecule has 0 spiro atoms. The van der Waals surface area contributed by atoms with Gasteiger partial charge >= 0.3 is 5.97 Å². The van der Waals surface area contributed by atoms with Gasteiger partial charge in [-0.05, 0) is 12.1 Å². The van der Waals surface area contributed by atoms with E-state index < -0.39 is 5.97 Å². The SMILES string of the molecule is CN(C)C(=O)COC(=O)Cc1csc(-c2c(Cl)cccc2Cl)n1. The average molecular weight is 373 g/mol. The number of carbonyl (C=O) groups is 2. The van der Waals surface area contributed by atoms with E-state index in [1.165, 1.54) is 16.2 Å². The number of ether oxygens (including phenoxy) is 1. The summed E-state index contributed by atoms with van der Waals surface area (Å²) in [5, 5.41) is 3.37. The van der Waals surface area contributed by atoms with Gasteiger partial charge in [0.2, 0.25) is 0 Å². The molecule has 0 aliphatic rings. The van der Waals surface area contributed by atoms with Crippen molar-refractivity contribution < 1.29 is 14.3 Å². The first kappa shape index (κ1) is 17.7. The second-order valence-electron chi connectivity index (χ2n) is 4.87. The van der Waals surface area contributed by atoms with Gasteiger partial charge in [0.1, 0.15) is 5.01 Å². The Hall–Kier alpha value is -1.63. The summed E-state index contributed by atoms with van der Waals surface area (Å²) >= 11 is 13.6. The highest BCUT2D eigenvalue weighted by atomic mass is 35.5. The molecule has 0 aliphatic carbocycles. The summed E-state index contributed by atoms with van der Waals surface area (Å²) in [6, 6.07) is 5.21. The largest absolute Gasteiger partial charge is 0.455 e. The number of benzene rings is 1. The first-order valence-electron chi connectivity index (χ1n) is 6.63. The van der Waals surface area contributed by atoms with Crippen molar-refractivity contribution in [2.45, 2.75) is 6.42 Å². The number of esters is 1. The number of hydrogen-bond donors (Lipinski definition) is 0. The summed E-state index contributed by atoms with van der Waals surface area (Å²) in [5.74, 6) is -0.789. The molecule has 122 valence electrons. The smallest absolute Gasteiger partial charge is 0.312 e. The number of hydrogen-bond acceptors (Lipinski definition) is 5. The number of aromatic nitrogens is 1. The average Bonchev–Trinajstić information content (AvgIpc) is 2.92. The van der Waals surface area contributed by atoms with Gasteiger partial charge in [0.25, 0.3) is 5.91 Å². The monoisotopic (exact) mass is 372 g/mol. The highest BCUT2D eigenvalue weighted by Crippen LogP contribution is 2.36. The van der Waals surface area contributed by atoms with Crippen LogP contribution in [0.25, 0.3) is 10.6 Å². The van der Waals surface area contributed by atoms with Gasteiger partial charge in [-0.1, -0.05) is 29.3 Å². The van der Waals surface area contributed by atoms with Crippen LogP contribution in [0.3, 0.4) is 0 Å². The minimum absolute atomic E-state index is 0.0146. The molecule has 0 N–H and O–H groups in total. The van der Waals surface area contributed by atoms with E-state index >= 15 is 0 Å². The summed E-state index contributed by atoms with van der Waals surface area (Å²) in [6.45, 7) is -0.279. The Morgan fingerprint density at radius 3 is 2.52 bits per heavy atom. The fraction of sp³-hybridized carbons (Fsp3) is 0.267. The summed E-state index contributed by atoms with van der Waals surface area (Å²) in [4.78, 5) is 28.8. The third kappa shape index (κ3) is 4.67. The van der Waals surface area contributed by atoms with E-state index in [1.54, 1.807) is 37.7 Å². The fourth-order valence-corrected chi connectivity index (χ4v) is 3.26. The van der Waals surface area contributed by atoms with Crippen molar-refractivity contribution >= 4 is 46.4 Å². The number of amides is 1. The van der Waals surface area contributed by atoms with E-state index in [2.05, 4.69) is 4.98 Å². The fourth-order valence-electron chi connectivity index (χ4n) is 1.68. The first-order chi connectivity index (χ1) is 10.9. The lowest BCUT2D eigenvalue weighted by Crippen LogP contribution is -2.27. The van der Waals surface area contributed by atoms with E-state index in [1.807, 2.05) is 0 Å². The molecule has 1 amide bonds. The van der Waals surface area contributed by atoms with Crippen molar-refractivity contribution in [1.29, 1.82) is 0 Å². The van der Waals surface area contributed by atoms with Crippen LogP contribution in [0, 0.1) is 0 Å². The molecule has 2 rings (SSSR count). The van der Waals surface area contributed by atoms with Crippen LogP contribution in [0.1, 0.15) is 5.69 Å². The van der Waals surface area contributed by atoms with Crippen LogP contribution in [0.4, 0.5) is 0 Å². The van der Waals surface area contributed by atoms with Gasteiger partial charge in [0, 0.05) is 25.0 Å². The summed E-state index contributed by atoms with van der Waals surface area (Å²) in [7, 11) is 3.19. The number of likely N-dealkylation sites (N-methyl/N-ethyl adjacent to an activating group) is 1. The predicted molar refractivity (Wildman–Crippen MR) is 90.9 cm³/mol. The molecule has 0 bridgehead atoms. The second kappa shape index (κ2) is 7.77. The molecule has 0 aliphatic heterocycles. The predicted octanol–water partition coefficient (Wildman–Crippen LogP) is 3.29. The standard InChI is InChI=1S/C15H14Cl2N2O3S/c1-19(2)12(20)7-22-13(21)6-9-8-23-15(18-9)14-10(16)4-3-5-11(14)17/h3-5,8H,6-7H2,1-2H3. The van der Waals surface area contributed by atoms with Crippen LogP contribution in [0.15, 0.2) is 23.6 Å². The lowest BCUT2D eigenvalue weighted by molar-refractivity contribution is -0.150. The molecule has 1 aromatic carbocycles. The zero-order chi connectivity index (χ0) is 17.0. The van der Waals surface area contributed by atoms with Gasteiger partial charge < -0.3 is 9.64 Å². The Morgan fingerprint density at radius 2 is 1.91 bits per heavy atom. The Kier molecular flexibility index (Phi) is 5.98. The zero-order valence-electron chi connectivity index (χ0n) is 12.5. The van der Waals surface area contributed by atoms with Crippen molar-refractivity contribution in [2.24, 2.45) is 0 Å². The van der Waals surface area contributed by atoms with Crippen LogP contribution < -0.4 is 0 Å². The van der Waals surface area contributed by atoms with Crippen molar-refractivity contribution in [3.63, 3.8) is 0 Å². The molecule has 5 nitrogen and oxygen atoms in total. The molecule has 1 heterocycles. The molecule has 0 atom stereocenters. The minimum Gasteiger partial charge on any atom is -0.455 e. The van der Waals surface area contributed by atoms with Gasteiger partial charge in [0.05, 0.1) is 22.2 Å². The molecule has 0 saturated carbocycles. The van der Waals surface area contributed by atoms with Crippen molar-refractivity contribution in [3.8, 4) is 10.6 Å². The van der Waals surface area contributed by atoms with E-state index in [-0.39, 0.29) is 18.9 Å². The molecular formula is C15H14Cl2N2O3S. The van der Waals surface area contributed by atoms with Gasteiger partial charge in [-0.2, -0.15) is 0 Å². The number of halogens is 2. The van der Waals surface area contributed by atoms with E-state index in [9.17, 15) is 9.59 Å². The topological polar surface area (TPSA) is 59.5 Å².